The van der Waals surface area contributed by atoms with E-state index >= 15 is 0 Å². The molecule has 0 atom stereocenters. The number of ether oxygens (including phenoxy) is 2. The van der Waals surface area contributed by atoms with E-state index in [0.717, 1.165) is 21.9 Å². The van der Waals surface area contributed by atoms with Crippen molar-refractivity contribution in [2.24, 2.45) is 0 Å². The van der Waals surface area contributed by atoms with Gasteiger partial charge in [0.05, 0.1) is 13.2 Å². The van der Waals surface area contributed by atoms with Crippen LogP contribution < -0.4 is 4.74 Å². The predicted octanol–water partition coefficient (Wildman–Crippen LogP) is 4.47. The molecule has 0 aliphatic heterocycles. The Morgan fingerprint density at radius 3 is 2.50 bits per heavy atom. The van der Waals surface area contributed by atoms with Gasteiger partial charge in [0.2, 0.25) is 0 Å². The standard InChI is InChI=1S/C18H18O4/c1-4-20-15-10-14-16(18(19)21-5-2)11(3)22-17(14)13-9-7-6-8-12(13)15/h6-10H,4-5H2,1-3H3. The highest BCUT2D eigenvalue weighted by molar-refractivity contribution is 6.14. The van der Waals surface area contributed by atoms with Gasteiger partial charge in [0, 0.05) is 16.2 Å². The minimum absolute atomic E-state index is 0.330. The first-order valence-corrected chi connectivity index (χ1v) is 7.42. The van der Waals surface area contributed by atoms with E-state index in [1.165, 1.54) is 0 Å². The van der Waals surface area contributed by atoms with Gasteiger partial charge in [-0.15, -0.1) is 0 Å². The fourth-order valence-corrected chi connectivity index (χ4v) is 2.74. The van der Waals surface area contributed by atoms with Gasteiger partial charge in [-0.2, -0.15) is 0 Å². The number of furan rings is 1. The first-order chi connectivity index (χ1) is 10.7. The molecule has 1 heterocycles. The molecule has 3 aromatic rings. The lowest BCUT2D eigenvalue weighted by Crippen LogP contribution is -2.05. The van der Waals surface area contributed by atoms with Crippen LogP contribution in [0.3, 0.4) is 0 Å². The maximum atomic E-state index is 12.2. The zero-order valence-electron chi connectivity index (χ0n) is 12.9. The Morgan fingerprint density at radius 1 is 1.09 bits per heavy atom. The summed E-state index contributed by atoms with van der Waals surface area (Å²) in [5, 5.41) is 2.64. The Kier molecular flexibility index (Phi) is 3.75. The van der Waals surface area contributed by atoms with Gasteiger partial charge in [0.1, 0.15) is 22.7 Å². The van der Waals surface area contributed by atoms with Gasteiger partial charge in [-0.25, -0.2) is 4.79 Å². The lowest BCUT2D eigenvalue weighted by Gasteiger charge is -2.08. The maximum Gasteiger partial charge on any atom is 0.342 e. The summed E-state index contributed by atoms with van der Waals surface area (Å²) in [6.07, 6.45) is 0. The van der Waals surface area contributed by atoms with Crippen LogP contribution in [0.25, 0.3) is 21.7 Å². The van der Waals surface area contributed by atoms with Crippen molar-refractivity contribution in [2.45, 2.75) is 20.8 Å². The molecule has 1 aromatic heterocycles. The normalized spacial score (nSPS) is 11.0. The Labute approximate surface area is 128 Å². The third-order valence-electron chi connectivity index (χ3n) is 3.61. The van der Waals surface area contributed by atoms with Crippen LogP contribution >= 0.6 is 0 Å². The van der Waals surface area contributed by atoms with E-state index in [9.17, 15) is 4.79 Å². The molecular weight excluding hydrogens is 280 g/mol. The monoisotopic (exact) mass is 298 g/mol. The van der Waals surface area contributed by atoms with Crippen LogP contribution in [-0.4, -0.2) is 19.2 Å². The number of carbonyl (C=O) groups is 1. The van der Waals surface area contributed by atoms with Crippen molar-refractivity contribution in [1.29, 1.82) is 0 Å². The second kappa shape index (κ2) is 5.72. The van der Waals surface area contributed by atoms with E-state index in [4.69, 9.17) is 13.9 Å². The van der Waals surface area contributed by atoms with E-state index in [1.807, 2.05) is 37.3 Å². The Balaban J connectivity index is 2.36. The minimum atomic E-state index is -0.364. The van der Waals surface area contributed by atoms with E-state index in [2.05, 4.69) is 0 Å². The SMILES string of the molecule is CCOC(=O)c1c(C)oc2c1cc(OCC)c1ccccc12. The summed E-state index contributed by atoms with van der Waals surface area (Å²) in [4.78, 5) is 12.2. The topological polar surface area (TPSA) is 48.7 Å². The highest BCUT2D eigenvalue weighted by Crippen LogP contribution is 2.37. The van der Waals surface area contributed by atoms with Gasteiger partial charge < -0.3 is 13.9 Å². The van der Waals surface area contributed by atoms with Gasteiger partial charge >= 0.3 is 5.97 Å². The van der Waals surface area contributed by atoms with Crippen molar-refractivity contribution in [2.75, 3.05) is 13.2 Å². The molecule has 114 valence electrons. The lowest BCUT2D eigenvalue weighted by molar-refractivity contribution is 0.0526. The number of carbonyl (C=O) groups excluding carboxylic acids is 1. The Morgan fingerprint density at radius 2 is 1.82 bits per heavy atom. The first-order valence-electron chi connectivity index (χ1n) is 7.42. The van der Waals surface area contributed by atoms with Crippen molar-refractivity contribution in [3.05, 3.63) is 41.7 Å². The Bertz CT molecular complexity index is 845. The van der Waals surface area contributed by atoms with E-state index < -0.39 is 0 Å². The summed E-state index contributed by atoms with van der Waals surface area (Å²) in [6, 6.07) is 9.72. The van der Waals surface area contributed by atoms with Gasteiger partial charge in [-0.05, 0) is 26.8 Å². The number of hydrogen-bond acceptors (Lipinski definition) is 4. The number of fused-ring (bicyclic) bond motifs is 3. The molecule has 0 bridgehead atoms. The molecule has 0 radical (unpaired) electrons. The zero-order valence-corrected chi connectivity index (χ0v) is 12.9. The van der Waals surface area contributed by atoms with E-state index in [0.29, 0.717) is 30.1 Å². The molecule has 0 saturated heterocycles. The molecule has 0 spiro atoms. The van der Waals surface area contributed by atoms with Crippen molar-refractivity contribution < 1.29 is 18.7 Å². The fraction of sp³-hybridized carbons (Fsp3) is 0.278. The van der Waals surface area contributed by atoms with Crippen LogP contribution in [0.15, 0.2) is 34.7 Å². The molecule has 0 saturated carbocycles. The van der Waals surface area contributed by atoms with Crippen LogP contribution in [-0.2, 0) is 4.74 Å². The number of rotatable bonds is 4. The first kappa shape index (κ1) is 14.4. The summed E-state index contributed by atoms with van der Waals surface area (Å²) < 4.78 is 16.7. The average molecular weight is 298 g/mol. The van der Waals surface area contributed by atoms with Gasteiger partial charge in [0.15, 0.2) is 0 Å². The number of hydrogen-bond donors (Lipinski definition) is 0. The molecule has 4 nitrogen and oxygen atoms in total. The van der Waals surface area contributed by atoms with E-state index in [1.54, 1.807) is 13.8 Å². The summed E-state index contributed by atoms with van der Waals surface area (Å²) in [5.74, 6) is 0.945. The van der Waals surface area contributed by atoms with Gasteiger partial charge in [-0.1, -0.05) is 24.3 Å². The van der Waals surface area contributed by atoms with Gasteiger partial charge in [0.25, 0.3) is 0 Å². The van der Waals surface area contributed by atoms with Crippen LogP contribution in [0.4, 0.5) is 0 Å². The van der Waals surface area contributed by atoms with Crippen molar-refractivity contribution >= 4 is 27.7 Å². The molecule has 4 heteroatoms. The molecule has 0 aliphatic carbocycles. The van der Waals surface area contributed by atoms with Crippen LogP contribution in [0.2, 0.25) is 0 Å². The van der Waals surface area contributed by atoms with Crippen molar-refractivity contribution in [3.8, 4) is 5.75 Å². The Hall–Kier alpha value is -2.49. The molecule has 0 aliphatic rings. The number of aryl methyl sites for hydroxylation is 1. The molecule has 0 unspecified atom stereocenters. The minimum Gasteiger partial charge on any atom is -0.493 e. The lowest BCUT2D eigenvalue weighted by atomic mass is 10.0. The summed E-state index contributed by atoms with van der Waals surface area (Å²) in [6.45, 7) is 6.39. The van der Waals surface area contributed by atoms with Crippen molar-refractivity contribution in [3.63, 3.8) is 0 Å². The van der Waals surface area contributed by atoms with Crippen molar-refractivity contribution in [1.82, 2.24) is 0 Å². The van der Waals surface area contributed by atoms with Gasteiger partial charge in [-0.3, -0.25) is 0 Å². The molecule has 0 N–H and O–H groups in total. The van der Waals surface area contributed by atoms with Crippen LogP contribution in [0, 0.1) is 6.92 Å². The number of benzene rings is 2. The quantitative estimate of drug-likeness (QED) is 0.667. The summed E-state index contributed by atoms with van der Waals surface area (Å²) in [5.41, 5.74) is 1.17. The molecule has 0 amide bonds. The third kappa shape index (κ3) is 2.21. The summed E-state index contributed by atoms with van der Waals surface area (Å²) >= 11 is 0. The second-order valence-corrected chi connectivity index (χ2v) is 4.98. The zero-order chi connectivity index (χ0) is 15.7. The third-order valence-corrected chi connectivity index (χ3v) is 3.61. The maximum absolute atomic E-state index is 12.2. The second-order valence-electron chi connectivity index (χ2n) is 4.98. The summed E-state index contributed by atoms with van der Waals surface area (Å²) in [7, 11) is 0. The highest BCUT2D eigenvalue weighted by atomic mass is 16.5. The molecule has 2 aromatic carbocycles. The molecular formula is C18H18O4. The van der Waals surface area contributed by atoms with E-state index in [-0.39, 0.29) is 5.97 Å². The fourth-order valence-electron chi connectivity index (χ4n) is 2.74. The smallest absolute Gasteiger partial charge is 0.342 e. The average Bonchev–Trinajstić information content (AvgIpc) is 2.84. The largest absolute Gasteiger partial charge is 0.493 e. The molecule has 3 rings (SSSR count). The van der Waals surface area contributed by atoms with Crippen LogP contribution in [0.1, 0.15) is 30.0 Å². The highest BCUT2D eigenvalue weighted by Gasteiger charge is 2.22. The number of esters is 1. The predicted molar refractivity (Wildman–Crippen MR) is 85.6 cm³/mol. The molecule has 0 fully saturated rings. The molecule has 22 heavy (non-hydrogen) atoms. The van der Waals surface area contributed by atoms with Crippen LogP contribution in [0.5, 0.6) is 5.75 Å².